The highest BCUT2D eigenvalue weighted by Gasteiger charge is 2.43. The first kappa shape index (κ1) is 29.4. The number of aromatic carboxylic acids is 1. The smallest absolute Gasteiger partial charge is 0.416 e. The van der Waals surface area contributed by atoms with Gasteiger partial charge in [0.1, 0.15) is 6.61 Å². The Bertz CT molecular complexity index is 1230. The van der Waals surface area contributed by atoms with E-state index in [1.165, 1.54) is 11.0 Å². The molecule has 0 atom stereocenters. The van der Waals surface area contributed by atoms with Crippen molar-refractivity contribution in [2.45, 2.75) is 32.5 Å². The Morgan fingerprint density at radius 1 is 1.08 bits per heavy atom. The monoisotopic (exact) mass is 550 g/mol. The largest absolute Gasteiger partial charge is 0.478 e. The van der Waals surface area contributed by atoms with Crippen molar-refractivity contribution in [2.75, 3.05) is 31.6 Å². The number of rotatable bonds is 8. The number of piperidine rings is 1. The fraction of sp³-hybridized carbons (Fsp3) is 0.385. The number of alkyl halides is 3. The second-order valence-electron chi connectivity index (χ2n) is 9.23. The number of benzene rings is 2. The molecule has 5 N–H and O–H groups in total. The van der Waals surface area contributed by atoms with Crippen molar-refractivity contribution < 1.29 is 42.2 Å². The Balaban J connectivity index is 1.72. The van der Waals surface area contributed by atoms with E-state index in [2.05, 4.69) is 10.6 Å². The highest BCUT2D eigenvalue weighted by molar-refractivity contribution is 5.90. The van der Waals surface area contributed by atoms with Crippen molar-refractivity contribution >= 4 is 29.6 Å². The molecule has 0 saturated carbocycles. The molecular formula is C26H29F3N4O6. The summed E-state index contributed by atoms with van der Waals surface area (Å²) in [4.78, 5) is 51.0. The van der Waals surface area contributed by atoms with Crippen LogP contribution in [0.5, 0.6) is 0 Å². The lowest BCUT2D eigenvalue weighted by Crippen LogP contribution is -2.53. The van der Waals surface area contributed by atoms with Crippen LogP contribution in [0, 0.1) is 12.3 Å². The van der Waals surface area contributed by atoms with Gasteiger partial charge in [-0.3, -0.25) is 14.9 Å². The number of halogens is 3. The molecule has 1 heterocycles. The van der Waals surface area contributed by atoms with E-state index < -0.39 is 35.1 Å². The van der Waals surface area contributed by atoms with Crippen molar-refractivity contribution in [3.05, 3.63) is 64.7 Å². The second kappa shape index (κ2) is 12.2. The number of nitrogens with zero attached hydrogens (tertiary/aromatic N) is 1. The molecular weight excluding hydrogens is 521 g/mol. The lowest BCUT2D eigenvalue weighted by atomic mass is 9.78. The maximum Gasteiger partial charge on any atom is 0.416 e. The number of aryl methyl sites for hydroxylation is 1. The van der Waals surface area contributed by atoms with E-state index in [9.17, 15) is 37.5 Å². The number of hydrogen-bond acceptors (Lipinski definition) is 6. The fourth-order valence-corrected chi connectivity index (χ4v) is 4.34. The van der Waals surface area contributed by atoms with Gasteiger partial charge in [-0.25, -0.2) is 9.59 Å². The lowest BCUT2D eigenvalue weighted by molar-refractivity contribution is -0.142. The number of ether oxygens (including phenoxy) is 1. The zero-order chi connectivity index (χ0) is 28.8. The fourth-order valence-electron chi connectivity index (χ4n) is 4.34. The summed E-state index contributed by atoms with van der Waals surface area (Å²) in [5, 5.41) is 14.6. The summed E-state index contributed by atoms with van der Waals surface area (Å²) < 4.78 is 43.6. The van der Waals surface area contributed by atoms with Gasteiger partial charge in [-0.1, -0.05) is 12.1 Å². The van der Waals surface area contributed by atoms with Crippen LogP contribution in [-0.2, 0) is 27.0 Å². The topological polar surface area (TPSA) is 151 Å². The standard InChI is InChI=1S/C26H29F3N4O6/c1-16-3-2-4-19(22(35)36)20(16)14-31-23(37)25(9-11-33(12-10-25)21(34)13-30)15-39-24(38)32-18-7-5-17(6-8-18)26(27,28)29/h2-8H,9-15,30H2,1H3,(H,31,37)(H,32,38)(H,35,36). The van der Waals surface area contributed by atoms with Crippen LogP contribution < -0.4 is 16.4 Å². The van der Waals surface area contributed by atoms with Crippen LogP contribution in [0.4, 0.5) is 23.7 Å². The Morgan fingerprint density at radius 2 is 1.72 bits per heavy atom. The summed E-state index contributed by atoms with van der Waals surface area (Å²) in [5.41, 5.74) is 4.52. The molecule has 10 nitrogen and oxygen atoms in total. The van der Waals surface area contributed by atoms with E-state index in [0.717, 1.165) is 24.3 Å². The van der Waals surface area contributed by atoms with Crippen LogP contribution in [0.2, 0.25) is 0 Å². The first-order valence-electron chi connectivity index (χ1n) is 12.1. The van der Waals surface area contributed by atoms with Crippen molar-refractivity contribution in [3.63, 3.8) is 0 Å². The predicted octanol–water partition coefficient (Wildman–Crippen LogP) is 3.14. The van der Waals surface area contributed by atoms with Crippen molar-refractivity contribution in [1.82, 2.24) is 10.2 Å². The highest BCUT2D eigenvalue weighted by atomic mass is 19.4. The van der Waals surface area contributed by atoms with E-state index in [0.29, 0.717) is 11.1 Å². The first-order chi connectivity index (χ1) is 18.4. The minimum Gasteiger partial charge on any atom is -0.478 e. The van der Waals surface area contributed by atoms with Gasteiger partial charge in [0.05, 0.1) is 23.1 Å². The Kier molecular flexibility index (Phi) is 9.17. The van der Waals surface area contributed by atoms with Gasteiger partial charge in [-0.2, -0.15) is 13.2 Å². The Morgan fingerprint density at radius 3 is 2.28 bits per heavy atom. The third kappa shape index (κ3) is 7.25. The van der Waals surface area contributed by atoms with Crippen LogP contribution in [0.3, 0.4) is 0 Å². The summed E-state index contributed by atoms with van der Waals surface area (Å²) in [5.74, 6) is -1.94. The zero-order valence-electron chi connectivity index (χ0n) is 21.1. The third-order valence-electron chi connectivity index (χ3n) is 6.73. The van der Waals surface area contributed by atoms with Crippen LogP contribution in [0.1, 0.15) is 39.9 Å². The van der Waals surface area contributed by atoms with Gasteiger partial charge < -0.3 is 25.8 Å². The summed E-state index contributed by atoms with van der Waals surface area (Å²) in [7, 11) is 0. The second-order valence-corrected chi connectivity index (χ2v) is 9.23. The van der Waals surface area contributed by atoms with Crippen molar-refractivity contribution in [1.29, 1.82) is 0 Å². The predicted molar refractivity (Wildman–Crippen MR) is 134 cm³/mol. The number of carbonyl (C=O) groups excluding carboxylic acids is 3. The Labute approximate surface area is 222 Å². The zero-order valence-corrected chi connectivity index (χ0v) is 21.1. The molecule has 13 heteroatoms. The molecule has 1 saturated heterocycles. The number of likely N-dealkylation sites (tertiary alicyclic amines) is 1. The molecule has 1 fully saturated rings. The summed E-state index contributed by atoms with van der Waals surface area (Å²) >= 11 is 0. The SMILES string of the molecule is Cc1cccc(C(=O)O)c1CNC(=O)C1(COC(=O)Nc2ccc(C(F)(F)F)cc2)CCN(C(=O)CN)CC1. The van der Waals surface area contributed by atoms with Crippen LogP contribution in [0.15, 0.2) is 42.5 Å². The Hall–Kier alpha value is -4.13. The minimum atomic E-state index is -4.53. The summed E-state index contributed by atoms with van der Waals surface area (Å²) in [6, 6.07) is 8.52. The molecule has 0 spiro atoms. The molecule has 1 aliphatic rings. The average molecular weight is 551 g/mol. The quantitative estimate of drug-likeness (QED) is 0.394. The first-order valence-corrected chi connectivity index (χ1v) is 12.1. The number of anilines is 1. The van der Waals surface area contributed by atoms with Gasteiger partial charge in [-0.05, 0) is 61.2 Å². The summed E-state index contributed by atoms with van der Waals surface area (Å²) in [6.07, 6.45) is -5.23. The molecule has 2 aromatic rings. The third-order valence-corrected chi connectivity index (χ3v) is 6.73. The van der Waals surface area contributed by atoms with Gasteiger partial charge in [0, 0.05) is 25.3 Å². The van der Waals surface area contributed by atoms with E-state index in [1.54, 1.807) is 19.1 Å². The molecule has 39 heavy (non-hydrogen) atoms. The number of nitrogens with two attached hydrogens (primary N) is 1. The molecule has 0 aromatic heterocycles. The van der Waals surface area contributed by atoms with Crippen LogP contribution in [-0.4, -0.2) is 60.1 Å². The van der Waals surface area contributed by atoms with Crippen molar-refractivity contribution in [3.8, 4) is 0 Å². The maximum atomic E-state index is 13.4. The lowest BCUT2D eigenvalue weighted by Gasteiger charge is -2.40. The number of carboxylic acids is 1. The molecule has 2 aromatic carbocycles. The van der Waals surface area contributed by atoms with E-state index in [4.69, 9.17) is 10.5 Å². The number of amides is 3. The molecule has 1 aliphatic heterocycles. The molecule has 0 radical (unpaired) electrons. The normalized spacial score (nSPS) is 14.8. The van der Waals surface area contributed by atoms with Gasteiger partial charge in [0.25, 0.3) is 0 Å². The number of hydrogen-bond donors (Lipinski definition) is 4. The summed E-state index contributed by atoms with van der Waals surface area (Å²) in [6.45, 7) is 1.41. The molecule has 3 amide bonds. The number of nitrogens with one attached hydrogen (secondary N) is 2. The number of carbonyl (C=O) groups is 4. The molecule has 0 bridgehead atoms. The number of carboxylic acid groups (broad SMARTS) is 1. The van der Waals surface area contributed by atoms with Gasteiger partial charge in [0.2, 0.25) is 11.8 Å². The van der Waals surface area contributed by atoms with Crippen LogP contribution >= 0.6 is 0 Å². The minimum absolute atomic E-state index is 0.0416. The van der Waals surface area contributed by atoms with Gasteiger partial charge >= 0.3 is 18.2 Å². The van der Waals surface area contributed by atoms with E-state index in [1.807, 2.05) is 0 Å². The molecule has 210 valence electrons. The molecule has 0 aliphatic carbocycles. The van der Waals surface area contributed by atoms with E-state index in [-0.39, 0.29) is 62.8 Å². The van der Waals surface area contributed by atoms with Gasteiger partial charge in [-0.15, -0.1) is 0 Å². The van der Waals surface area contributed by atoms with Crippen molar-refractivity contribution in [2.24, 2.45) is 11.1 Å². The molecule has 0 unspecified atom stereocenters. The highest BCUT2D eigenvalue weighted by Crippen LogP contribution is 2.33. The maximum absolute atomic E-state index is 13.4. The van der Waals surface area contributed by atoms with Gasteiger partial charge in [0.15, 0.2) is 0 Å². The average Bonchev–Trinajstić information content (AvgIpc) is 2.90. The van der Waals surface area contributed by atoms with Crippen LogP contribution in [0.25, 0.3) is 0 Å². The molecule has 3 rings (SSSR count). The van der Waals surface area contributed by atoms with E-state index >= 15 is 0 Å².